The summed E-state index contributed by atoms with van der Waals surface area (Å²) in [5.41, 5.74) is 0.417. The minimum Gasteiger partial charge on any atom is -0.450 e. The van der Waals surface area contributed by atoms with Crippen molar-refractivity contribution in [1.82, 2.24) is 36.1 Å². The number of nitrogens with zero attached hydrogens (tertiary/aromatic N) is 4. The van der Waals surface area contributed by atoms with Gasteiger partial charge in [0.25, 0.3) is 5.91 Å². The van der Waals surface area contributed by atoms with Gasteiger partial charge in [-0.3, -0.25) is 19.2 Å². The Morgan fingerprint density at radius 1 is 0.961 bits per heavy atom. The van der Waals surface area contributed by atoms with Crippen LogP contribution >= 0.6 is 0 Å². The highest BCUT2D eigenvalue weighted by Gasteiger charge is 2.48. The first kappa shape index (κ1) is 37.6. The highest BCUT2D eigenvalue weighted by Crippen LogP contribution is 2.51. The van der Waals surface area contributed by atoms with Gasteiger partial charge < -0.3 is 35.8 Å². The van der Waals surface area contributed by atoms with Crippen molar-refractivity contribution in [3.63, 3.8) is 0 Å². The quantitative estimate of drug-likeness (QED) is 0.213. The number of carbonyl (C=O) groups is 5. The van der Waals surface area contributed by atoms with Crippen LogP contribution in [0.1, 0.15) is 67.2 Å². The van der Waals surface area contributed by atoms with Crippen LogP contribution in [-0.4, -0.2) is 114 Å². The fourth-order valence-corrected chi connectivity index (χ4v) is 6.56. The van der Waals surface area contributed by atoms with E-state index in [1.807, 2.05) is 11.9 Å². The maximum Gasteiger partial charge on any atom is 0.407 e. The third kappa shape index (κ3) is 9.36. The van der Waals surface area contributed by atoms with Crippen LogP contribution in [0.4, 0.5) is 19.3 Å². The molecule has 4 atom stereocenters. The van der Waals surface area contributed by atoms with Gasteiger partial charge in [0, 0.05) is 32.1 Å². The number of likely N-dealkylation sites (N-methyl/N-ethyl adjacent to an activating group) is 1. The number of hydrogen-bond acceptors (Lipinski definition) is 10. The molecule has 15 nitrogen and oxygen atoms in total. The first-order chi connectivity index (χ1) is 24.4. The van der Waals surface area contributed by atoms with E-state index < -0.39 is 66.3 Å². The molecule has 0 bridgehead atoms. The molecule has 0 radical (unpaired) electrons. The lowest BCUT2D eigenvalue weighted by atomic mass is 9.88. The molecule has 1 aromatic carbocycles. The normalized spacial score (nSPS) is 18.7. The molecular weight excluding hydrogens is 670 g/mol. The molecule has 1 aliphatic heterocycles. The number of halogens is 2. The fourth-order valence-electron chi connectivity index (χ4n) is 6.56. The molecule has 0 spiro atoms. The van der Waals surface area contributed by atoms with Crippen LogP contribution in [0.25, 0.3) is 0 Å². The van der Waals surface area contributed by atoms with Crippen molar-refractivity contribution < 1.29 is 42.1 Å². The summed E-state index contributed by atoms with van der Waals surface area (Å²) in [5, 5.41) is 17.5. The molecule has 17 heteroatoms. The molecule has 0 unspecified atom stereocenters. The molecule has 5 amide bonds. The molecule has 4 N–H and O–H groups in total. The van der Waals surface area contributed by atoms with E-state index in [4.69, 9.17) is 4.74 Å². The van der Waals surface area contributed by atoms with E-state index in [1.54, 1.807) is 25.7 Å². The summed E-state index contributed by atoms with van der Waals surface area (Å²) in [7, 11) is 1.92. The third-order valence-corrected chi connectivity index (χ3v) is 9.85. The molecule has 2 heterocycles. The number of amides is 5. The Bertz CT molecular complexity index is 1580. The third-order valence-electron chi connectivity index (χ3n) is 9.85. The van der Waals surface area contributed by atoms with Crippen LogP contribution in [0.2, 0.25) is 0 Å². The molecule has 2 aliphatic carbocycles. The molecule has 2 aromatic rings. The van der Waals surface area contributed by atoms with E-state index in [0.29, 0.717) is 31.7 Å². The van der Waals surface area contributed by atoms with Crippen molar-refractivity contribution in [3.05, 3.63) is 41.0 Å². The Morgan fingerprint density at radius 2 is 1.63 bits per heavy atom. The van der Waals surface area contributed by atoms with Gasteiger partial charge in [-0.25, -0.2) is 18.2 Å². The van der Waals surface area contributed by atoms with Gasteiger partial charge in [-0.15, -0.1) is 0 Å². The zero-order valence-corrected chi connectivity index (χ0v) is 29.2. The number of benzene rings is 1. The van der Waals surface area contributed by atoms with Crippen LogP contribution in [0.5, 0.6) is 0 Å². The molecule has 278 valence electrons. The lowest BCUT2D eigenvalue weighted by Gasteiger charge is -2.36. The molecule has 3 fully saturated rings. The van der Waals surface area contributed by atoms with Gasteiger partial charge in [0.1, 0.15) is 36.3 Å². The number of hydrogen-bond donors (Lipinski definition) is 4. The second-order valence-electron chi connectivity index (χ2n) is 13.6. The Labute approximate surface area is 294 Å². The molecule has 5 rings (SSSR count). The van der Waals surface area contributed by atoms with E-state index in [2.05, 4.69) is 36.2 Å². The van der Waals surface area contributed by atoms with Gasteiger partial charge in [0.05, 0.1) is 12.3 Å². The van der Waals surface area contributed by atoms with Crippen LogP contribution < -0.4 is 21.3 Å². The molecular formula is C34H46F2N8O7. The maximum atomic E-state index is 15.8. The average Bonchev–Trinajstić information content (AvgIpc) is 4.06. The van der Waals surface area contributed by atoms with Gasteiger partial charge in [-0.05, 0) is 87.2 Å². The lowest BCUT2D eigenvalue weighted by Crippen LogP contribution is -2.58. The lowest BCUT2D eigenvalue weighted by molar-refractivity contribution is -0.138. The number of alkyl halides is 1. The fraction of sp³-hybridized carbons (Fsp3) is 0.618. The zero-order valence-electron chi connectivity index (χ0n) is 29.2. The number of ether oxygens (including phenoxy) is 1. The first-order valence-corrected chi connectivity index (χ1v) is 17.4. The number of rotatable bonds is 15. The predicted octanol–water partition coefficient (Wildman–Crippen LogP) is 2.14. The Kier molecular flexibility index (Phi) is 12.2. The molecule has 51 heavy (non-hydrogen) atoms. The van der Waals surface area contributed by atoms with Gasteiger partial charge in [-0.2, -0.15) is 0 Å². The van der Waals surface area contributed by atoms with Crippen molar-refractivity contribution in [2.24, 2.45) is 17.8 Å². The highest BCUT2D eigenvalue weighted by atomic mass is 19.1. The molecule has 1 saturated heterocycles. The topological polar surface area (TPSA) is 188 Å². The number of carbonyl (C=O) groups excluding carboxylic acids is 5. The SMILES string of the molecule is CCOC(=O)N[C@@H](CF)C(=O)N[C@@H](C(=O)N1CCN(C)CC1)[C@@H](C)c1ccc(NC(=O)[C@@H](NC(=O)c2nonc2C)C(C2CC2)C2CC2)c(F)c1. The van der Waals surface area contributed by atoms with Gasteiger partial charge >= 0.3 is 6.09 Å². The second kappa shape index (κ2) is 16.6. The van der Waals surface area contributed by atoms with Crippen LogP contribution in [0.3, 0.4) is 0 Å². The van der Waals surface area contributed by atoms with E-state index in [0.717, 1.165) is 31.7 Å². The standard InChI is InChI=1S/C34H46F2N8O7/c1-5-50-34(49)38-25(17-35)30(45)39-27(33(48)44-14-12-43(4)13-15-44)18(2)22-10-11-24(23(36)16-22)37-32(47)29(26(20-6-7-20)21-8-9-21)40-31(46)28-19(3)41-51-42-28/h10-11,16,18,20-21,25-27,29H,5-9,12-15,17H2,1-4H3,(H,37,47)(H,38,49)(H,39,45)(H,40,46)/t18-,25-,27+,29-/m0/s1. The first-order valence-electron chi connectivity index (χ1n) is 17.4. The summed E-state index contributed by atoms with van der Waals surface area (Å²) in [6.07, 6.45) is 2.74. The van der Waals surface area contributed by atoms with E-state index >= 15 is 4.39 Å². The van der Waals surface area contributed by atoms with Crippen LogP contribution in [0.15, 0.2) is 22.8 Å². The summed E-state index contributed by atoms with van der Waals surface area (Å²) in [5.74, 6) is -3.82. The highest BCUT2D eigenvalue weighted by molar-refractivity contribution is 6.01. The van der Waals surface area contributed by atoms with Crippen molar-refractivity contribution in [1.29, 1.82) is 0 Å². The summed E-state index contributed by atoms with van der Waals surface area (Å²) in [6, 6.07) is 0.225. The summed E-state index contributed by atoms with van der Waals surface area (Å²) < 4.78 is 39.1. The minimum atomic E-state index is -1.62. The number of piperazine rings is 1. The smallest absolute Gasteiger partial charge is 0.407 e. The number of alkyl carbamates (subject to hydrolysis) is 1. The predicted molar refractivity (Wildman–Crippen MR) is 179 cm³/mol. The number of aromatic nitrogens is 2. The van der Waals surface area contributed by atoms with Crippen molar-refractivity contribution in [2.75, 3.05) is 51.8 Å². The van der Waals surface area contributed by atoms with Crippen LogP contribution in [-0.2, 0) is 19.1 Å². The van der Waals surface area contributed by atoms with E-state index in [1.165, 1.54) is 12.1 Å². The van der Waals surface area contributed by atoms with E-state index in [9.17, 15) is 28.4 Å². The maximum absolute atomic E-state index is 15.8. The number of nitrogens with one attached hydrogen (secondary N) is 4. The van der Waals surface area contributed by atoms with Gasteiger partial charge in [0.2, 0.25) is 17.7 Å². The Hall–Kier alpha value is -4.67. The molecule has 3 aliphatic rings. The van der Waals surface area contributed by atoms with Crippen LogP contribution in [0, 0.1) is 30.5 Å². The Morgan fingerprint density at radius 3 is 2.18 bits per heavy atom. The number of anilines is 1. The van der Waals surface area contributed by atoms with Crippen molar-refractivity contribution in [3.8, 4) is 0 Å². The molecule has 1 aromatic heterocycles. The molecule has 2 saturated carbocycles. The van der Waals surface area contributed by atoms with Gasteiger partial charge in [-0.1, -0.05) is 18.1 Å². The zero-order chi connectivity index (χ0) is 36.8. The average molecular weight is 717 g/mol. The monoisotopic (exact) mass is 716 g/mol. The van der Waals surface area contributed by atoms with Crippen molar-refractivity contribution >= 4 is 35.4 Å². The van der Waals surface area contributed by atoms with E-state index in [-0.39, 0.29) is 41.4 Å². The second-order valence-corrected chi connectivity index (χ2v) is 13.6. The Balaban J connectivity index is 1.35. The van der Waals surface area contributed by atoms with Crippen molar-refractivity contribution in [2.45, 2.75) is 70.5 Å². The summed E-state index contributed by atoms with van der Waals surface area (Å²) in [6.45, 7) is 5.46. The summed E-state index contributed by atoms with van der Waals surface area (Å²) >= 11 is 0. The van der Waals surface area contributed by atoms with Gasteiger partial charge in [0.15, 0.2) is 5.69 Å². The summed E-state index contributed by atoms with van der Waals surface area (Å²) in [4.78, 5) is 69.4. The minimum absolute atomic E-state index is 0.00707. The number of aryl methyl sites for hydroxylation is 1. The largest absolute Gasteiger partial charge is 0.450 e.